The Morgan fingerprint density at radius 2 is 2.29 bits per heavy atom. The topological polar surface area (TPSA) is 54.7 Å². The highest BCUT2D eigenvalue weighted by Gasteiger charge is 2.22. The van der Waals surface area contributed by atoms with Gasteiger partial charge in [-0.05, 0) is 30.4 Å². The zero-order valence-electron chi connectivity index (χ0n) is 7.96. The Labute approximate surface area is 82.3 Å². The molecule has 2 aromatic heterocycles. The van der Waals surface area contributed by atoms with Crippen molar-refractivity contribution in [3.05, 3.63) is 24.0 Å². The monoisotopic (exact) mass is 187 g/mol. The van der Waals surface area contributed by atoms with E-state index >= 15 is 0 Å². The molecule has 3 nitrogen and oxygen atoms in total. The van der Waals surface area contributed by atoms with Crippen LogP contribution < -0.4 is 5.73 Å². The van der Waals surface area contributed by atoms with Crippen LogP contribution in [0.5, 0.6) is 0 Å². The first-order valence-electron chi connectivity index (χ1n) is 5.08. The number of anilines is 1. The first-order chi connectivity index (χ1) is 6.86. The minimum atomic E-state index is 0.654. The van der Waals surface area contributed by atoms with E-state index in [0.717, 1.165) is 16.7 Å². The fourth-order valence-electron chi connectivity index (χ4n) is 2.09. The minimum Gasteiger partial charge on any atom is -0.398 e. The summed E-state index contributed by atoms with van der Waals surface area (Å²) in [5.74, 6) is 0.654. The standard InChI is InChI=1S/C11H13N3/c12-10-8-4-5-13-11(8)14-6-9(10)7-2-1-3-7/h4-7H,1-3H2,(H3,12,13,14). The van der Waals surface area contributed by atoms with Crippen LogP contribution in [0.2, 0.25) is 0 Å². The van der Waals surface area contributed by atoms with Gasteiger partial charge >= 0.3 is 0 Å². The number of rotatable bonds is 1. The number of nitrogens with one attached hydrogen (secondary N) is 1. The Morgan fingerprint density at radius 3 is 3.00 bits per heavy atom. The number of nitrogens with two attached hydrogens (primary N) is 1. The van der Waals surface area contributed by atoms with Gasteiger partial charge in [-0.1, -0.05) is 6.42 Å². The van der Waals surface area contributed by atoms with Gasteiger partial charge in [-0.25, -0.2) is 4.98 Å². The molecule has 3 heteroatoms. The van der Waals surface area contributed by atoms with E-state index in [-0.39, 0.29) is 0 Å². The van der Waals surface area contributed by atoms with Gasteiger partial charge in [-0.3, -0.25) is 0 Å². The maximum absolute atomic E-state index is 6.11. The summed E-state index contributed by atoms with van der Waals surface area (Å²) in [5.41, 5.74) is 9.16. The van der Waals surface area contributed by atoms with Crippen molar-refractivity contribution in [2.75, 3.05) is 5.73 Å². The first-order valence-corrected chi connectivity index (χ1v) is 5.08. The molecule has 0 radical (unpaired) electrons. The second kappa shape index (κ2) is 2.74. The predicted octanol–water partition coefficient (Wildman–Crippen LogP) is 2.41. The SMILES string of the molecule is Nc1c(C2CCC2)cnc2[nH]ccc12. The van der Waals surface area contributed by atoms with Crippen molar-refractivity contribution in [1.29, 1.82) is 0 Å². The van der Waals surface area contributed by atoms with Gasteiger partial charge in [0.15, 0.2) is 0 Å². The zero-order chi connectivity index (χ0) is 9.54. The van der Waals surface area contributed by atoms with Crippen molar-refractivity contribution >= 4 is 16.7 Å². The average molecular weight is 187 g/mol. The van der Waals surface area contributed by atoms with Crippen LogP contribution in [0.15, 0.2) is 18.5 Å². The lowest BCUT2D eigenvalue weighted by molar-refractivity contribution is 0.420. The molecule has 1 aliphatic rings. The van der Waals surface area contributed by atoms with Crippen LogP contribution in [-0.2, 0) is 0 Å². The number of nitrogens with zero attached hydrogens (tertiary/aromatic N) is 1. The second-order valence-electron chi connectivity index (χ2n) is 3.99. The summed E-state index contributed by atoms with van der Waals surface area (Å²) in [5, 5.41) is 1.06. The highest BCUT2D eigenvalue weighted by molar-refractivity contribution is 5.89. The lowest BCUT2D eigenvalue weighted by atomic mass is 9.80. The molecule has 2 aromatic rings. The number of H-pyrrole nitrogens is 1. The van der Waals surface area contributed by atoms with Gasteiger partial charge in [0.05, 0.1) is 0 Å². The van der Waals surface area contributed by atoms with E-state index in [1.165, 1.54) is 24.8 Å². The fourth-order valence-corrected chi connectivity index (χ4v) is 2.09. The molecular weight excluding hydrogens is 174 g/mol. The van der Waals surface area contributed by atoms with E-state index in [1.807, 2.05) is 18.5 Å². The van der Waals surface area contributed by atoms with E-state index in [0.29, 0.717) is 5.92 Å². The predicted molar refractivity (Wildman–Crippen MR) is 57.1 cm³/mol. The largest absolute Gasteiger partial charge is 0.398 e. The maximum Gasteiger partial charge on any atom is 0.139 e. The summed E-state index contributed by atoms with van der Waals surface area (Å²) in [6.07, 6.45) is 7.68. The number of hydrogen-bond acceptors (Lipinski definition) is 2. The molecule has 3 rings (SSSR count). The van der Waals surface area contributed by atoms with Crippen molar-refractivity contribution in [3.63, 3.8) is 0 Å². The number of nitrogen functional groups attached to an aromatic ring is 1. The Hall–Kier alpha value is -1.51. The summed E-state index contributed by atoms with van der Waals surface area (Å²) < 4.78 is 0. The molecule has 2 heterocycles. The Morgan fingerprint density at radius 1 is 1.43 bits per heavy atom. The van der Waals surface area contributed by atoms with Crippen LogP contribution in [0.1, 0.15) is 30.7 Å². The molecule has 0 spiro atoms. The normalized spacial score (nSPS) is 17.1. The second-order valence-corrected chi connectivity index (χ2v) is 3.99. The molecule has 1 aliphatic carbocycles. The molecule has 14 heavy (non-hydrogen) atoms. The molecule has 0 saturated heterocycles. The molecule has 0 atom stereocenters. The molecule has 0 aromatic carbocycles. The third-order valence-electron chi connectivity index (χ3n) is 3.20. The summed E-state index contributed by atoms with van der Waals surface area (Å²) in [7, 11) is 0. The lowest BCUT2D eigenvalue weighted by Crippen LogP contribution is -2.11. The van der Waals surface area contributed by atoms with E-state index in [4.69, 9.17) is 5.73 Å². The molecule has 0 bridgehead atoms. The van der Waals surface area contributed by atoms with Gasteiger partial charge in [0.25, 0.3) is 0 Å². The van der Waals surface area contributed by atoms with E-state index in [2.05, 4.69) is 9.97 Å². The van der Waals surface area contributed by atoms with Crippen LogP contribution in [0.3, 0.4) is 0 Å². The summed E-state index contributed by atoms with van der Waals surface area (Å²) in [6, 6.07) is 2.00. The number of pyridine rings is 1. The van der Waals surface area contributed by atoms with E-state index < -0.39 is 0 Å². The fraction of sp³-hybridized carbons (Fsp3) is 0.364. The van der Waals surface area contributed by atoms with Crippen LogP contribution in [0.25, 0.3) is 11.0 Å². The number of fused-ring (bicyclic) bond motifs is 1. The van der Waals surface area contributed by atoms with Gasteiger partial charge < -0.3 is 10.7 Å². The number of aromatic nitrogens is 2. The Kier molecular flexibility index (Phi) is 1.54. The lowest BCUT2D eigenvalue weighted by Gasteiger charge is -2.26. The molecule has 3 N–H and O–H groups in total. The molecule has 0 unspecified atom stereocenters. The van der Waals surface area contributed by atoms with Gasteiger partial charge in [-0.2, -0.15) is 0 Å². The molecule has 0 aliphatic heterocycles. The Balaban J connectivity index is 2.19. The molecular formula is C11H13N3. The maximum atomic E-state index is 6.11. The summed E-state index contributed by atoms with van der Waals surface area (Å²) in [4.78, 5) is 7.44. The van der Waals surface area contributed by atoms with Crippen molar-refractivity contribution in [3.8, 4) is 0 Å². The minimum absolute atomic E-state index is 0.654. The van der Waals surface area contributed by atoms with Crippen LogP contribution in [0.4, 0.5) is 5.69 Å². The number of aromatic amines is 1. The van der Waals surface area contributed by atoms with Crippen molar-refractivity contribution in [2.24, 2.45) is 0 Å². The van der Waals surface area contributed by atoms with Crippen molar-refractivity contribution < 1.29 is 0 Å². The third kappa shape index (κ3) is 0.953. The van der Waals surface area contributed by atoms with Gasteiger partial charge in [0.1, 0.15) is 5.65 Å². The van der Waals surface area contributed by atoms with Gasteiger partial charge in [0, 0.05) is 23.5 Å². The number of hydrogen-bond donors (Lipinski definition) is 2. The summed E-state index contributed by atoms with van der Waals surface area (Å²) >= 11 is 0. The van der Waals surface area contributed by atoms with Crippen molar-refractivity contribution in [2.45, 2.75) is 25.2 Å². The molecule has 1 saturated carbocycles. The van der Waals surface area contributed by atoms with Crippen LogP contribution in [0, 0.1) is 0 Å². The summed E-state index contributed by atoms with van der Waals surface area (Å²) in [6.45, 7) is 0. The zero-order valence-corrected chi connectivity index (χ0v) is 7.96. The van der Waals surface area contributed by atoms with E-state index in [9.17, 15) is 0 Å². The third-order valence-corrected chi connectivity index (χ3v) is 3.20. The highest BCUT2D eigenvalue weighted by atomic mass is 14.8. The molecule has 72 valence electrons. The average Bonchev–Trinajstić information content (AvgIpc) is 2.55. The molecule has 0 amide bonds. The first kappa shape index (κ1) is 7.85. The smallest absolute Gasteiger partial charge is 0.139 e. The quantitative estimate of drug-likeness (QED) is 0.720. The highest BCUT2D eigenvalue weighted by Crippen LogP contribution is 2.40. The van der Waals surface area contributed by atoms with Gasteiger partial charge in [0.2, 0.25) is 0 Å². The van der Waals surface area contributed by atoms with Crippen molar-refractivity contribution in [1.82, 2.24) is 9.97 Å². The Bertz CT molecular complexity index is 468. The van der Waals surface area contributed by atoms with Crippen LogP contribution in [-0.4, -0.2) is 9.97 Å². The van der Waals surface area contributed by atoms with Crippen LogP contribution >= 0.6 is 0 Å². The van der Waals surface area contributed by atoms with Gasteiger partial charge in [-0.15, -0.1) is 0 Å². The van der Waals surface area contributed by atoms with E-state index in [1.54, 1.807) is 0 Å². The molecule has 1 fully saturated rings.